The van der Waals surface area contributed by atoms with Crippen molar-refractivity contribution in [1.29, 1.82) is 0 Å². The van der Waals surface area contributed by atoms with E-state index in [1.807, 2.05) is 55.5 Å². The van der Waals surface area contributed by atoms with Crippen molar-refractivity contribution in [2.24, 2.45) is 5.92 Å². The van der Waals surface area contributed by atoms with Gasteiger partial charge < -0.3 is 34.6 Å². The maximum absolute atomic E-state index is 13.7. The molecule has 0 aliphatic carbocycles. The minimum atomic E-state index is -1.37. The molecule has 15 nitrogen and oxygen atoms in total. The van der Waals surface area contributed by atoms with Gasteiger partial charge in [-0.2, -0.15) is 0 Å². The summed E-state index contributed by atoms with van der Waals surface area (Å²) < 4.78 is 22.6. The van der Waals surface area contributed by atoms with Crippen LogP contribution in [0.25, 0.3) is 11.3 Å². The molecule has 4 rings (SSSR count). The summed E-state index contributed by atoms with van der Waals surface area (Å²) >= 11 is 0. The van der Waals surface area contributed by atoms with E-state index in [9.17, 15) is 28.8 Å². The van der Waals surface area contributed by atoms with Crippen LogP contribution in [-0.4, -0.2) is 72.1 Å². The third-order valence-electron chi connectivity index (χ3n) is 9.75. The van der Waals surface area contributed by atoms with E-state index < -0.39 is 53.8 Å². The van der Waals surface area contributed by atoms with E-state index in [1.165, 1.54) is 17.2 Å². The van der Waals surface area contributed by atoms with Crippen molar-refractivity contribution in [2.45, 2.75) is 111 Å². The van der Waals surface area contributed by atoms with E-state index >= 15 is 0 Å². The Hall–Kier alpha value is -6.48. The van der Waals surface area contributed by atoms with Crippen LogP contribution in [0.3, 0.4) is 0 Å². The molecule has 0 spiro atoms. The normalized spacial score (nSPS) is 12.5. The third-order valence-corrected chi connectivity index (χ3v) is 9.75. The molecule has 0 bridgehead atoms. The van der Waals surface area contributed by atoms with Gasteiger partial charge in [-0.25, -0.2) is 9.86 Å². The Morgan fingerprint density at radius 3 is 2.11 bits per heavy atom. The lowest BCUT2D eigenvalue weighted by Gasteiger charge is -2.32. The summed E-state index contributed by atoms with van der Waals surface area (Å²) in [6.45, 7) is 10.9. The SMILES string of the molecule is CCCCC[C@@H](C(=O)NCNC(=O)c1ccc(-c2ccc(C(=O)NC(CC(=O)OCc3ccccc3)C(=O)OC(C)(C)C)c(OCC)c2)o1)[C@@H](CC)N(C=O)OCc1ccccc1. The lowest BCUT2D eigenvalue weighted by Crippen LogP contribution is -2.48. The second-order valence-electron chi connectivity index (χ2n) is 15.7. The van der Waals surface area contributed by atoms with E-state index in [1.54, 1.807) is 58.0 Å². The fraction of sp³-hybridized carbons (Fsp3) is 0.417. The average Bonchev–Trinajstić information content (AvgIpc) is 3.77. The number of ether oxygens (including phenoxy) is 3. The maximum Gasteiger partial charge on any atom is 0.329 e. The van der Waals surface area contributed by atoms with Crippen molar-refractivity contribution >= 4 is 36.1 Å². The number of benzene rings is 3. The van der Waals surface area contributed by atoms with Crippen LogP contribution in [0.5, 0.6) is 5.75 Å². The zero-order valence-electron chi connectivity index (χ0n) is 37.0. The number of unbranched alkanes of at least 4 members (excludes halogenated alkanes) is 2. The molecule has 63 heavy (non-hydrogen) atoms. The molecule has 4 amide bonds. The van der Waals surface area contributed by atoms with Crippen LogP contribution in [0.15, 0.2) is 95.4 Å². The quantitative estimate of drug-likeness (QED) is 0.0199. The number of amides is 4. The summed E-state index contributed by atoms with van der Waals surface area (Å²) in [5, 5.41) is 9.28. The number of nitrogens with zero attached hydrogens (tertiary/aromatic N) is 1. The van der Waals surface area contributed by atoms with Gasteiger partial charge in [0.05, 0.1) is 37.2 Å². The van der Waals surface area contributed by atoms with Crippen LogP contribution >= 0.6 is 0 Å². The lowest BCUT2D eigenvalue weighted by molar-refractivity contribution is -0.200. The number of nitrogens with one attached hydrogen (secondary N) is 3. The molecular formula is C48H60N4O11. The first-order valence-electron chi connectivity index (χ1n) is 21.3. The van der Waals surface area contributed by atoms with Crippen molar-refractivity contribution in [3.05, 3.63) is 113 Å². The van der Waals surface area contributed by atoms with Crippen LogP contribution in [0, 0.1) is 5.92 Å². The molecule has 1 aromatic heterocycles. The van der Waals surface area contributed by atoms with Crippen molar-refractivity contribution in [1.82, 2.24) is 21.0 Å². The highest BCUT2D eigenvalue weighted by atomic mass is 16.7. The van der Waals surface area contributed by atoms with Gasteiger partial charge in [-0.3, -0.25) is 28.8 Å². The number of hydrogen-bond acceptors (Lipinski definition) is 11. The van der Waals surface area contributed by atoms with Crippen molar-refractivity contribution < 1.29 is 52.2 Å². The monoisotopic (exact) mass is 868 g/mol. The Morgan fingerprint density at radius 1 is 0.810 bits per heavy atom. The first kappa shape index (κ1) is 49.2. The Bertz CT molecular complexity index is 2100. The first-order valence-corrected chi connectivity index (χ1v) is 21.3. The Kier molecular flexibility index (Phi) is 19.4. The number of esters is 2. The lowest BCUT2D eigenvalue weighted by atomic mass is 9.90. The van der Waals surface area contributed by atoms with Gasteiger partial charge in [0.1, 0.15) is 36.4 Å². The summed E-state index contributed by atoms with van der Waals surface area (Å²) in [5.74, 6) is -3.33. The average molecular weight is 869 g/mol. The molecule has 0 aliphatic rings. The summed E-state index contributed by atoms with van der Waals surface area (Å²) in [6.07, 6.45) is 3.75. The Labute approximate surface area is 369 Å². The highest BCUT2D eigenvalue weighted by molar-refractivity contribution is 6.00. The van der Waals surface area contributed by atoms with Crippen molar-refractivity contribution in [2.75, 3.05) is 13.3 Å². The zero-order chi connectivity index (χ0) is 45.8. The molecule has 15 heteroatoms. The van der Waals surface area contributed by atoms with Crippen LogP contribution in [0.4, 0.5) is 0 Å². The van der Waals surface area contributed by atoms with Crippen LogP contribution in [0.2, 0.25) is 0 Å². The maximum atomic E-state index is 13.7. The molecule has 1 heterocycles. The van der Waals surface area contributed by atoms with E-state index in [0.717, 1.165) is 30.4 Å². The molecule has 3 atom stereocenters. The van der Waals surface area contributed by atoms with E-state index in [2.05, 4.69) is 22.9 Å². The summed E-state index contributed by atoms with van der Waals surface area (Å²) in [7, 11) is 0. The summed E-state index contributed by atoms with van der Waals surface area (Å²) in [5.41, 5.74) is 1.30. The van der Waals surface area contributed by atoms with Gasteiger partial charge in [-0.1, -0.05) is 99.8 Å². The van der Waals surface area contributed by atoms with Gasteiger partial charge in [0.15, 0.2) is 5.76 Å². The van der Waals surface area contributed by atoms with Gasteiger partial charge in [0, 0.05) is 5.56 Å². The van der Waals surface area contributed by atoms with Gasteiger partial charge in [0.2, 0.25) is 12.3 Å². The minimum absolute atomic E-state index is 0.00878. The second kappa shape index (κ2) is 24.8. The molecule has 4 aromatic rings. The second-order valence-corrected chi connectivity index (χ2v) is 15.7. The molecule has 3 aromatic carbocycles. The molecule has 1 unspecified atom stereocenters. The fourth-order valence-electron chi connectivity index (χ4n) is 6.63. The number of hydroxylamine groups is 2. The summed E-state index contributed by atoms with van der Waals surface area (Å²) in [6, 6.07) is 24.3. The Balaban J connectivity index is 1.41. The molecule has 338 valence electrons. The molecule has 0 fully saturated rings. The highest BCUT2D eigenvalue weighted by Crippen LogP contribution is 2.30. The van der Waals surface area contributed by atoms with Crippen molar-refractivity contribution in [3.8, 4) is 17.1 Å². The molecule has 3 N–H and O–H groups in total. The van der Waals surface area contributed by atoms with E-state index in [0.29, 0.717) is 24.8 Å². The molecule has 0 saturated carbocycles. The first-order chi connectivity index (χ1) is 30.3. The predicted molar refractivity (Wildman–Crippen MR) is 235 cm³/mol. The van der Waals surface area contributed by atoms with Gasteiger partial charge in [0.25, 0.3) is 11.8 Å². The van der Waals surface area contributed by atoms with Gasteiger partial charge in [-0.05, 0) is 75.9 Å². The number of carbonyl (C=O) groups is 6. The van der Waals surface area contributed by atoms with Crippen molar-refractivity contribution in [3.63, 3.8) is 0 Å². The van der Waals surface area contributed by atoms with Crippen LogP contribution < -0.4 is 20.7 Å². The largest absolute Gasteiger partial charge is 0.493 e. The number of rotatable bonds is 25. The number of carbonyl (C=O) groups excluding carboxylic acids is 6. The Morgan fingerprint density at radius 2 is 1.49 bits per heavy atom. The molecule has 0 radical (unpaired) electrons. The smallest absolute Gasteiger partial charge is 0.329 e. The predicted octanol–water partition coefficient (Wildman–Crippen LogP) is 7.29. The van der Waals surface area contributed by atoms with E-state index in [4.69, 9.17) is 23.5 Å². The number of furan rings is 1. The summed E-state index contributed by atoms with van der Waals surface area (Å²) in [4.78, 5) is 84.5. The molecule has 0 saturated heterocycles. The minimum Gasteiger partial charge on any atom is -0.493 e. The van der Waals surface area contributed by atoms with Gasteiger partial charge >= 0.3 is 11.9 Å². The van der Waals surface area contributed by atoms with Crippen LogP contribution in [0.1, 0.15) is 112 Å². The van der Waals surface area contributed by atoms with E-state index in [-0.39, 0.29) is 55.2 Å². The molecular weight excluding hydrogens is 809 g/mol. The van der Waals surface area contributed by atoms with Gasteiger partial charge in [-0.15, -0.1) is 0 Å². The molecule has 0 aliphatic heterocycles. The standard InChI is InChI=1S/C48H60N4O11/c1-7-10-13-22-36(39(8-2)52(32-53)61-30-34-20-16-12-17-21-34)44(55)49-31-50-46(57)41-26-25-40(62-41)35-23-24-37(42(27-35)59-9-3)45(56)51-38(47(58)63-48(4,5)6)28-43(54)60-29-33-18-14-11-15-19-33/h11-12,14-21,23-27,32,36,38-39H,7-10,13,22,28-31H2,1-6H3,(H,49,55)(H,50,57)(H,51,56)/t36-,38?,39-/m1/s1. The zero-order valence-corrected chi connectivity index (χ0v) is 37.0. The fourth-order valence-corrected chi connectivity index (χ4v) is 6.63. The highest BCUT2D eigenvalue weighted by Gasteiger charge is 2.33. The topological polar surface area (TPSA) is 192 Å². The third kappa shape index (κ3) is 15.7. The number of hydrogen-bond donors (Lipinski definition) is 3. The van der Waals surface area contributed by atoms with Crippen LogP contribution in [-0.2, 0) is 46.7 Å².